The lowest BCUT2D eigenvalue weighted by molar-refractivity contribution is 0.0662. The van der Waals surface area contributed by atoms with Crippen molar-refractivity contribution in [2.75, 3.05) is 26.7 Å². The molecule has 0 N–H and O–H groups in total. The molecular weight excluding hydrogens is 148 g/mol. The lowest BCUT2D eigenvalue weighted by Gasteiger charge is -2.41. The first-order valence-corrected chi connectivity index (χ1v) is 5.09. The van der Waals surface area contributed by atoms with Gasteiger partial charge in [0.05, 0.1) is 0 Å². The molecule has 0 saturated carbocycles. The summed E-state index contributed by atoms with van der Waals surface area (Å²) in [6, 6.07) is 1.49. The van der Waals surface area contributed by atoms with Crippen LogP contribution in [0.4, 0.5) is 0 Å². The molecule has 0 spiro atoms. The van der Waals surface area contributed by atoms with Crippen LogP contribution in [0.3, 0.4) is 0 Å². The second-order valence-corrected chi connectivity index (χ2v) is 4.11. The van der Waals surface area contributed by atoms with Crippen molar-refractivity contribution in [2.45, 2.75) is 39.3 Å². The van der Waals surface area contributed by atoms with Gasteiger partial charge in [0.25, 0.3) is 0 Å². The van der Waals surface area contributed by atoms with Gasteiger partial charge >= 0.3 is 0 Å². The summed E-state index contributed by atoms with van der Waals surface area (Å²) in [4.78, 5) is 5.05. The average molecular weight is 170 g/mol. The van der Waals surface area contributed by atoms with E-state index in [2.05, 4.69) is 37.6 Å². The Hall–Kier alpha value is -0.0800. The molecule has 1 aliphatic heterocycles. The SMILES string of the molecule is CCC(C)N1CCN(C)CC1C. The monoisotopic (exact) mass is 170 g/mol. The normalized spacial score (nSPS) is 30.5. The summed E-state index contributed by atoms with van der Waals surface area (Å²) < 4.78 is 0. The summed E-state index contributed by atoms with van der Waals surface area (Å²) in [6.07, 6.45) is 1.27. The van der Waals surface area contributed by atoms with Gasteiger partial charge in [0.1, 0.15) is 0 Å². The van der Waals surface area contributed by atoms with Crippen molar-refractivity contribution >= 4 is 0 Å². The summed E-state index contributed by atoms with van der Waals surface area (Å²) in [5.41, 5.74) is 0. The van der Waals surface area contributed by atoms with Crippen LogP contribution in [-0.4, -0.2) is 48.6 Å². The van der Waals surface area contributed by atoms with E-state index in [4.69, 9.17) is 0 Å². The third kappa shape index (κ3) is 2.20. The molecule has 0 aromatic carbocycles. The van der Waals surface area contributed by atoms with E-state index < -0.39 is 0 Å². The number of nitrogens with zero attached hydrogens (tertiary/aromatic N) is 2. The fourth-order valence-corrected chi connectivity index (χ4v) is 2.04. The predicted molar refractivity (Wildman–Crippen MR) is 53.4 cm³/mol. The molecule has 1 fully saturated rings. The van der Waals surface area contributed by atoms with Crippen LogP contribution in [0.15, 0.2) is 0 Å². The van der Waals surface area contributed by atoms with E-state index >= 15 is 0 Å². The maximum absolute atomic E-state index is 2.62. The van der Waals surface area contributed by atoms with Crippen LogP contribution in [0, 0.1) is 0 Å². The van der Waals surface area contributed by atoms with Crippen molar-refractivity contribution in [1.82, 2.24) is 9.80 Å². The van der Waals surface area contributed by atoms with E-state index in [1.807, 2.05) is 0 Å². The first kappa shape index (κ1) is 10.0. The first-order chi connectivity index (χ1) is 5.65. The molecule has 0 bridgehead atoms. The highest BCUT2D eigenvalue weighted by Crippen LogP contribution is 2.13. The molecule has 2 heteroatoms. The van der Waals surface area contributed by atoms with Crippen LogP contribution in [-0.2, 0) is 0 Å². The lowest BCUT2D eigenvalue weighted by atomic mass is 10.1. The van der Waals surface area contributed by atoms with Gasteiger partial charge in [-0.25, -0.2) is 0 Å². The Kier molecular flexibility index (Phi) is 3.53. The Labute approximate surface area is 76.5 Å². The van der Waals surface area contributed by atoms with Crippen LogP contribution in [0.5, 0.6) is 0 Å². The fraction of sp³-hybridized carbons (Fsp3) is 1.00. The Bertz CT molecular complexity index is 136. The summed E-state index contributed by atoms with van der Waals surface area (Å²) in [6.45, 7) is 10.6. The summed E-state index contributed by atoms with van der Waals surface area (Å²) >= 11 is 0. The molecule has 1 aliphatic rings. The van der Waals surface area contributed by atoms with E-state index in [0.29, 0.717) is 0 Å². The predicted octanol–water partition coefficient (Wildman–Crippen LogP) is 1.42. The van der Waals surface area contributed by atoms with E-state index in [0.717, 1.165) is 12.1 Å². The number of hydrogen-bond donors (Lipinski definition) is 0. The minimum Gasteiger partial charge on any atom is -0.304 e. The topological polar surface area (TPSA) is 6.48 Å². The number of piperazine rings is 1. The van der Waals surface area contributed by atoms with E-state index in [1.165, 1.54) is 26.1 Å². The van der Waals surface area contributed by atoms with Crippen molar-refractivity contribution < 1.29 is 0 Å². The van der Waals surface area contributed by atoms with Gasteiger partial charge in [-0.1, -0.05) is 6.92 Å². The van der Waals surface area contributed by atoms with Crippen LogP contribution < -0.4 is 0 Å². The molecule has 0 amide bonds. The fourth-order valence-electron chi connectivity index (χ4n) is 2.04. The zero-order chi connectivity index (χ0) is 9.14. The second kappa shape index (κ2) is 4.24. The van der Waals surface area contributed by atoms with Crippen molar-refractivity contribution in [3.63, 3.8) is 0 Å². The van der Waals surface area contributed by atoms with Gasteiger partial charge in [-0.3, -0.25) is 4.90 Å². The molecule has 12 heavy (non-hydrogen) atoms. The molecule has 0 aromatic rings. The highest BCUT2D eigenvalue weighted by molar-refractivity contribution is 4.80. The lowest BCUT2D eigenvalue weighted by Crippen LogP contribution is -2.53. The molecule has 1 rings (SSSR count). The minimum atomic E-state index is 0.735. The molecule has 0 aromatic heterocycles. The minimum absolute atomic E-state index is 0.735. The largest absolute Gasteiger partial charge is 0.304 e. The smallest absolute Gasteiger partial charge is 0.0198 e. The summed E-state index contributed by atoms with van der Waals surface area (Å²) in [5.74, 6) is 0. The van der Waals surface area contributed by atoms with Crippen molar-refractivity contribution in [1.29, 1.82) is 0 Å². The number of likely N-dealkylation sites (N-methyl/N-ethyl adjacent to an activating group) is 1. The quantitative estimate of drug-likeness (QED) is 0.618. The molecular formula is C10H22N2. The Morgan fingerprint density at radius 3 is 2.58 bits per heavy atom. The number of rotatable bonds is 2. The Balaban J connectivity index is 2.44. The van der Waals surface area contributed by atoms with Crippen LogP contribution in [0.1, 0.15) is 27.2 Å². The summed E-state index contributed by atoms with van der Waals surface area (Å²) in [7, 11) is 2.21. The maximum atomic E-state index is 2.62. The third-order valence-corrected chi connectivity index (χ3v) is 3.04. The molecule has 2 nitrogen and oxygen atoms in total. The van der Waals surface area contributed by atoms with Crippen LogP contribution in [0.25, 0.3) is 0 Å². The molecule has 72 valence electrons. The van der Waals surface area contributed by atoms with Crippen molar-refractivity contribution in [3.8, 4) is 0 Å². The van der Waals surface area contributed by atoms with Gasteiger partial charge in [-0.05, 0) is 27.3 Å². The van der Waals surface area contributed by atoms with E-state index in [9.17, 15) is 0 Å². The highest BCUT2D eigenvalue weighted by Gasteiger charge is 2.24. The van der Waals surface area contributed by atoms with Gasteiger partial charge in [0.15, 0.2) is 0 Å². The molecule has 0 aliphatic carbocycles. The molecule has 2 atom stereocenters. The average Bonchev–Trinajstić information content (AvgIpc) is 2.03. The second-order valence-electron chi connectivity index (χ2n) is 4.11. The first-order valence-electron chi connectivity index (χ1n) is 5.09. The van der Waals surface area contributed by atoms with Crippen LogP contribution in [0.2, 0.25) is 0 Å². The zero-order valence-electron chi connectivity index (χ0n) is 8.88. The molecule has 2 unspecified atom stereocenters. The van der Waals surface area contributed by atoms with Crippen molar-refractivity contribution in [2.24, 2.45) is 0 Å². The van der Waals surface area contributed by atoms with Gasteiger partial charge in [0, 0.05) is 31.7 Å². The highest BCUT2D eigenvalue weighted by atomic mass is 15.3. The van der Waals surface area contributed by atoms with Gasteiger partial charge in [-0.2, -0.15) is 0 Å². The Morgan fingerprint density at radius 1 is 1.42 bits per heavy atom. The maximum Gasteiger partial charge on any atom is 0.0198 e. The molecule has 0 radical (unpaired) electrons. The molecule has 1 saturated heterocycles. The zero-order valence-corrected chi connectivity index (χ0v) is 8.88. The van der Waals surface area contributed by atoms with Gasteiger partial charge < -0.3 is 4.90 Å². The summed E-state index contributed by atoms with van der Waals surface area (Å²) in [5, 5.41) is 0. The molecule has 1 heterocycles. The van der Waals surface area contributed by atoms with E-state index in [-0.39, 0.29) is 0 Å². The van der Waals surface area contributed by atoms with E-state index in [1.54, 1.807) is 0 Å². The van der Waals surface area contributed by atoms with Crippen molar-refractivity contribution in [3.05, 3.63) is 0 Å². The third-order valence-electron chi connectivity index (χ3n) is 3.04. The standard InChI is InChI=1S/C10H22N2/c1-5-9(2)12-7-6-11(4)8-10(12)3/h9-10H,5-8H2,1-4H3. The van der Waals surface area contributed by atoms with Crippen LogP contribution >= 0.6 is 0 Å². The van der Waals surface area contributed by atoms with Gasteiger partial charge in [0.2, 0.25) is 0 Å². The van der Waals surface area contributed by atoms with Gasteiger partial charge in [-0.15, -0.1) is 0 Å². The number of hydrogen-bond acceptors (Lipinski definition) is 2. The Morgan fingerprint density at radius 2 is 2.08 bits per heavy atom.